The summed E-state index contributed by atoms with van der Waals surface area (Å²) >= 11 is 0. The number of aromatic nitrogens is 2. The van der Waals surface area contributed by atoms with E-state index in [9.17, 15) is 4.79 Å². The third-order valence-corrected chi connectivity index (χ3v) is 1.93. The fraction of sp³-hybridized carbons (Fsp3) is 0.200. The highest BCUT2D eigenvalue weighted by atomic mass is 16.5. The van der Waals surface area contributed by atoms with E-state index in [4.69, 9.17) is 4.74 Å². The molecular weight excluding hydrogens is 180 g/mol. The quantitative estimate of drug-likeness (QED) is 0.640. The van der Waals surface area contributed by atoms with Crippen LogP contribution in [-0.2, 0) is 11.8 Å². The lowest BCUT2D eigenvalue weighted by molar-refractivity contribution is -0.132. The average Bonchev–Trinajstić information content (AvgIpc) is 2.43. The highest BCUT2D eigenvalue weighted by Crippen LogP contribution is 2.24. The van der Waals surface area contributed by atoms with Crippen molar-refractivity contribution in [2.45, 2.75) is 6.92 Å². The Labute approximate surface area is 81.1 Å². The van der Waals surface area contributed by atoms with Crippen molar-refractivity contribution < 1.29 is 9.53 Å². The van der Waals surface area contributed by atoms with Crippen LogP contribution in [0.4, 0.5) is 0 Å². The van der Waals surface area contributed by atoms with Crippen molar-refractivity contribution in [1.82, 2.24) is 9.78 Å². The number of rotatable bonds is 1. The van der Waals surface area contributed by atoms with Gasteiger partial charge in [0.2, 0.25) is 5.88 Å². The zero-order chi connectivity index (χ0) is 10.1. The van der Waals surface area contributed by atoms with E-state index in [0.29, 0.717) is 5.88 Å². The summed E-state index contributed by atoms with van der Waals surface area (Å²) in [5, 5.41) is 5.06. The lowest BCUT2D eigenvalue weighted by atomic mass is 10.2. The smallest absolute Gasteiger partial charge is 0.309 e. The van der Waals surface area contributed by atoms with Crippen LogP contribution in [0, 0.1) is 0 Å². The first kappa shape index (κ1) is 8.74. The van der Waals surface area contributed by atoms with E-state index >= 15 is 0 Å². The van der Waals surface area contributed by atoms with Crippen LogP contribution in [0.2, 0.25) is 0 Å². The van der Waals surface area contributed by atoms with E-state index < -0.39 is 0 Å². The Kier molecular flexibility index (Phi) is 1.96. The summed E-state index contributed by atoms with van der Waals surface area (Å²) in [6.45, 7) is 1.38. The highest BCUT2D eigenvalue weighted by molar-refractivity contribution is 5.86. The van der Waals surface area contributed by atoms with Gasteiger partial charge in [-0.1, -0.05) is 12.1 Å². The SMILES string of the molecule is CC(=O)Oc1c2ccccc2nn1C. The average molecular weight is 190 g/mol. The fourth-order valence-corrected chi connectivity index (χ4v) is 1.38. The molecule has 1 aromatic heterocycles. The van der Waals surface area contributed by atoms with Gasteiger partial charge in [0, 0.05) is 14.0 Å². The van der Waals surface area contributed by atoms with Gasteiger partial charge in [-0.3, -0.25) is 4.79 Å². The normalized spacial score (nSPS) is 10.4. The predicted molar refractivity (Wildman–Crippen MR) is 52.0 cm³/mol. The number of nitrogens with zero attached hydrogens (tertiary/aromatic N) is 2. The lowest BCUT2D eigenvalue weighted by Crippen LogP contribution is -2.05. The van der Waals surface area contributed by atoms with E-state index in [0.717, 1.165) is 10.9 Å². The van der Waals surface area contributed by atoms with Crippen molar-refractivity contribution in [3.05, 3.63) is 24.3 Å². The molecule has 0 aliphatic rings. The van der Waals surface area contributed by atoms with Gasteiger partial charge in [0.1, 0.15) is 0 Å². The van der Waals surface area contributed by atoms with Crippen LogP contribution in [0.3, 0.4) is 0 Å². The summed E-state index contributed by atoms with van der Waals surface area (Å²) in [6.07, 6.45) is 0. The van der Waals surface area contributed by atoms with Gasteiger partial charge < -0.3 is 4.74 Å². The molecule has 0 saturated heterocycles. The first-order valence-corrected chi connectivity index (χ1v) is 4.28. The van der Waals surface area contributed by atoms with Gasteiger partial charge in [-0.15, -0.1) is 0 Å². The van der Waals surface area contributed by atoms with Crippen LogP contribution in [0.15, 0.2) is 24.3 Å². The Morgan fingerprint density at radius 2 is 2.14 bits per heavy atom. The zero-order valence-electron chi connectivity index (χ0n) is 8.02. The standard InChI is InChI=1S/C10H10N2O2/c1-7(13)14-10-8-5-3-4-6-9(8)11-12(10)2/h3-6H,1-2H3. The van der Waals surface area contributed by atoms with Crippen molar-refractivity contribution in [2.75, 3.05) is 0 Å². The first-order valence-electron chi connectivity index (χ1n) is 4.28. The van der Waals surface area contributed by atoms with E-state index in [1.165, 1.54) is 6.92 Å². The number of ether oxygens (including phenoxy) is 1. The third kappa shape index (κ3) is 1.35. The van der Waals surface area contributed by atoms with Gasteiger partial charge in [-0.05, 0) is 12.1 Å². The summed E-state index contributed by atoms with van der Waals surface area (Å²) < 4.78 is 6.62. The molecule has 0 aliphatic carbocycles. The third-order valence-electron chi connectivity index (χ3n) is 1.93. The van der Waals surface area contributed by atoms with E-state index in [1.54, 1.807) is 11.7 Å². The lowest BCUT2D eigenvalue weighted by Gasteiger charge is -2.00. The Morgan fingerprint density at radius 3 is 2.86 bits per heavy atom. The molecule has 14 heavy (non-hydrogen) atoms. The van der Waals surface area contributed by atoms with Gasteiger partial charge in [0.15, 0.2) is 0 Å². The molecule has 0 bridgehead atoms. The Balaban J connectivity index is 2.62. The molecule has 2 rings (SSSR count). The number of hydrogen-bond donors (Lipinski definition) is 0. The van der Waals surface area contributed by atoms with Crippen molar-refractivity contribution in [3.63, 3.8) is 0 Å². The molecule has 0 spiro atoms. The number of esters is 1. The monoisotopic (exact) mass is 190 g/mol. The molecule has 0 unspecified atom stereocenters. The fourth-order valence-electron chi connectivity index (χ4n) is 1.38. The second-order valence-electron chi connectivity index (χ2n) is 3.04. The molecule has 4 nitrogen and oxygen atoms in total. The second-order valence-corrected chi connectivity index (χ2v) is 3.04. The Bertz CT molecular complexity index is 488. The molecular formula is C10H10N2O2. The minimum absolute atomic E-state index is 0.334. The largest absolute Gasteiger partial charge is 0.407 e. The number of aryl methyl sites for hydroxylation is 1. The summed E-state index contributed by atoms with van der Waals surface area (Å²) in [5.74, 6) is 0.159. The van der Waals surface area contributed by atoms with Crippen LogP contribution in [0.25, 0.3) is 10.9 Å². The van der Waals surface area contributed by atoms with E-state index in [1.807, 2.05) is 24.3 Å². The maximum atomic E-state index is 10.8. The van der Waals surface area contributed by atoms with Gasteiger partial charge >= 0.3 is 5.97 Å². The summed E-state index contributed by atoms with van der Waals surface area (Å²) in [5.41, 5.74) is 0.825. The number of benzene rings is 1. The molecule has 72 valence electrons. The Hall–Kier alpha value is -1.84. The van der Waals surface area contributed by atoms with Crippen LogP contribution < -0.4 is 4.74 Å². The summed E-state index contributed by atoms with van der Waals surface area (Å²) in [4.78, 5) is 10.8. The van der Waals surface area contributed by atoms with Crippen LogP contribution in [-0.4, -0.2) is 15.7 Å². The molecule has 1 heterocycles. The second kappa shape index (κ2) is 3.14. The van der Waals surface area contributed by atoms with Gasteiger partial charge in [-0.2, -0.15) is 5.10 Å². The van der Waals surface area contributed by atoms with Crippen molar-refractivity contribution >= 4 is 16.9 Å². The van der Waals surface area contributed by atoms with Crippen molar-refractivity contribution in [1.29, 1.82) is 0 Å². The number of fused-ring (bicyclic) bond motifs is 1. The van der Waals surface area contributed by atoms with E-state index in [2.05, 4.69) is 5.10 Å². The number of hydrogen-bond acceptors (Lipinski definition) is 3. The predicted octanol–water partition coefficient (Wildman–Crippen LogP) is 1.50. The molecule has 0 atom stereocenters. The van der Waals surface area contributed by atoms with Crippen LogP contribution in [0.1, 0.15) is 6.92 Å². The van der Waals surface area contributed by atoms with Gasteiger partial charge in [0.05, 0.1) is 10.9 Å². The van der Waals surface area contributed by atoms with Crippen LogP contribution in [0.5, 0.6) is 5.88 Å². The maximum Gasteiger partial charge on any atom is 0.309 e. The molecule has 0 radical (unpaired) electrons. The molecule has 0 saturated carbocycles. The Morgan fingerprint density at radius 1 is 1.43 bits per heavy atom. The van der Waals surface area contributed by atoms with Gasteiger partial charge in [-0.25, -0.2) is 4.68 Å². The van der Waals surface area contributed by atoms with Gasteiger partial charge in [0.25, 0.3) is 0 Å². The molecule has 0 amide bonds. The molecule has 2 aromatic rings. The van der Waals surface area contributed by atoms with Crippen molar-refractivity contribution in [2.24, 2.45) is 7.05 Å². The zero-order valence-corrected chi connectivity index (χ0v) is 8.02. The molecule has 4 heteroatoms. The summed E-state index contributed by atoms with van der Waals surface area (Å²) in [6, 6.07) is 7.53. The highest BCUT2D eigenvalue weighted by Gasteiger charge is 2.10. The number of carbonyl (C=O) groups excluding carboxylic acids is 1. The maximum absolute atomic E-state index is 10.8. The van der Waals surface area contributed by atoms with E-state index in [-0.39, 0.29) is 5.97 Å². The molecule has 1 aromatic carbocycles. The summed E-state index contributed by atoms with van der Waals surface area (Å²) in [7, 11) is 1.75. The molecule has 0 N–H and O–H groups in total. The molecule has 0 aliphatic heterocycles. The first-order chi connectivity index (χ1) is 6.68. The number of carbonyl (C=O) groups is 1. The minimum Gasteiger partial charge on any atom is -0.407 e. The van der Waals surface area contributed by atoms with Crippen molar-refractivity contribution in [3.8, 4) is 5.88 Å². The van der Waals surface area contributed by atoms with Crippen LogP contribution >= 0.6 is 0 Å². The minimum atomic E-state index is -0.334. The topological polar surface area (TPSA) is 44.1 Å². The molecule has 0 fully saturated rings.